The molecule has 0 saturated heterocycles. The van der Waals surface area contributed by atoms with E-state index in [0.29, 0.717) is 18.2 Å². The largest absolute Gasteiger partial charge is 0.493 e. The van der Waals surface area contributed by atoms with Crippen LogP contribution in [-0.2, 0) is 11.2 Å². The third-order valence-electron chi connectivity index (χ3n) is 4.38. The monoisotopic (exact) mass is 420 g/mol. The van der Waals surface area contributed by atoms with Gasteiger partial charge in [-0.25, -0.2) is 0 Å². The number of aromatic nitrogens is 2. The molecule has 0 bridgehead atoms. The Kier molecular flexibility index (Phi) is 7.88. The van der Waals surface area contributed by atoms with Gasteiger partial charge in [0.2, 0.25) is 11.0 Å². The van der Waals surface area contributed by atoms with E-state index in [2.05, 4.69) is 33.0 Å². The fourth-order valence-corrected chi connectivity index (χ4v) is 3.46. The topological polar surface area (TPSA) is 76.1 Å². The SMILES string of the molecule is CCc1nnc(NC(=S)NC(=O)C(C)(C)CCCOc2cc(C)ccc2C)s1. The van der Waals surface area contributed by atoms with Crippen molar-refractivity contribution in [1.82, 2.24) is 15.5 Å². The molecule has 1 amide bonds. The lowest BCUT2D eigenvalue weighted by atomic mass is 9.87. The second kappa shape index (κ2) is 9.93. The molecule has 6 nitrogen and oxygen atoms in total. The third-order valence-corrected chi connectivity index (χ3v) is 5.57. The highest BCUT2D eigenvalue weighted by molar-refractivity contribution is 7.80. The maximum atomic E-state index is 12.6. The summed E-state index contributed by atoms with van der Waals surface area (Å²) in [5.41, 5.74) is 1.72. The zero-order chi connectivity index (χ0) is 20.7. The van der Waals surface area contributed by atoms with E-state index in [4.69, 9.17) is 17.0 Å². The number of aryl methyl sites for hydroxylation is 3. The van der Waals surface area contributed by atoms with Gasteiger partial charge in [-0.05, 0) is 62.5 Å². The Morgan fingerprint density at radius 1 is 1.29 bits per heavy atom. The molecular formula is C20H28N4O2S2. The molecule has 0 spiro atoms. The van der Waals surface area contributed by atoms with Crippen molar-refractivity contribution < 1.29 is 9.53 Å². The first kappa shape index (κ1) is 22.2. The van der Waals surface area contributed by atoms with Crippen LogP contribution in [0.1, 0.15) is 49.7 Å². The summed E-state index contributed by atoms with van der Waals surface area (Å²) in [6, 6.07) is 6.16. The number of anilines is 1. The Labute approximate surface area is 176 Å². The highest BCUT2D eigenvalue weighted by Crippen LogP contribution is 2.24. The number of ether oxygens (including phenoxy) is 1. The minimum Gasteiger partial charge on any atom is -0.493 e. The molecule has 28 heavy (non-hydrogen) atoms. The number of rotatable bonds is 8. The van der Waals surface area contributed by atoms with Gasteiger partial charge in [-0.2, -0.15) is 0 Å². The quantitative estimate of drug-likeness (QED) is 0.486. The summed E-state index contributed by atoms with van der Waals surface area (Å²) in [5.74, 6) is 0.771. The van der Waals surface area contributed by atoms with Crippen LogP contribution in [0.25, 0.3) is 0 Å². The van der Waals surface area contributed by atoms with Crippen LogP contribution in [0.4, 0.5) is 5.13 Å². The van der Waals surface area contributed by atoms with Crippen LogP contribution in [0.15, 0.2) is 18.2 Å². The average molecular weight is 421 g/mol. The van der Waals surface area contributed by atoms with E-state index < -0.39 is 5.41 Å². The van der Waals surface area contributed by atoms with Gasteiger partial charge in [-0.3, -0.25) is 4.79 Å². The Bertz CT molecular complexity index is 833. The van der Waals surface area contributed by atoms with Crippen molar-refractivity contribution in [2.75, 3.05) is 11.9 Å². The van der Waals surface area contributed by atoms with Gasteiger partial charge < -0.3 is 15.4 Å². The van der Waals surface area contributed by atoms with E-state index in [0.717, 1.165) is 29.2 Å². The van der Waals surface area contributed by atoms with Crippen LogP contribution < -0.4 is 15.4 Å². The number of hydrogen-bond donors (Lipinski definition) is 2. The van der Waals surface area contributed by atoms with Gasteiger partial charge in [-0.15, -0.1) is 10.2 Å². The minimum atomic E-state index is -0.563. The molecule has 152 valence electrons. The summed E-state index contributed by atoms with van der Waals surface area (Å²) in [6.45, 7) is 10.5. The molecule has 8 heteroatoms. The van der Waals surface area contributed by atoms with Crippen LogP contribution in [0.5, 0.6) is 5.75 Å². The molecule has 0 atom stereocenters. The van der Waals surface area contributed by atoms with Gasteiger partial charge in [0.25, 0.3) is 0 Å². The zero-order valence-electron chi connectivity index (χ0n) is 17.1. The minimum absolute atomic E-state index is 0.128. The van der Waals surface area contributed by atoms with Crippen molar-refractivity contribution in [3.8, 4) is 5.75 Å². The molecule has 2 aromatic rings. The Balaban J connectivity index is 1.78. The molecule has 0 aliphatic heterocycles. The second-order valence-corrected chi connectivity index (χ2v) is 8.84. The van der Waals surface area contributed by atoms with Crippen molar-refractivity contribution in [1.29, 1.82) is 0 Å². The lowest BCUT2D eigenvalue weighted by Crippen LogP contribution is -2.42. The van der Waals surface area contributed by atoms with Gasteiger partial charge >= 0.3 is 0 Å². The number of carbonyl (C=O) groups excluding carboxylic acids is 1. The standard InChI is InChI=1S/C20H28N4O2S2/c1-6-16-23-24-19(28-16)22-18(27)21-17(25)20(4,5)10-7-11-26-15-12-13(2)8-9-14(15)3/h8-9,12H,6-7,10-11H2,1-5H3,(H2,21,22,24,25,27). The third kappa shape index (κ3) is 6.53. The number of benzene rings is 1. The number of nitrogens with zero attached hydrogens (tertiary/aromatic N) is 2. The van der Waals surface area contributed by atoms with E-state index in [9.17, 15) is 4.79 Å². The summed E-state index contributed by atoms with van der Waals surface area (Å²) < 4.78 is 5.88. The molecule has 2 rings (SSSR count). The lowest BCUT2D eigenvalue weighted by molar-refractivity contribution is -0.128. The Morgan fingerprint density at radius 2 is 2.04 bits per heavy atom. The fourth-order valence-electron chi connectivity index (χ4n) is 2.52. The van der Waals surface area contributed by atoms with Crippen molar-refractivity contribution >= 4 is 39.7 Å². The molecule has 2 N–H and O–H groups in total. The van der Waals surface area contributed by atoms with Crippen LogP contribution in [0.2, 0.25) is 0 Å². The summed E-state index contributed by atoms with van der Waals surface area (Å²) in [7, 11) is 0. The summed E-state index contributed by atoms with van der Waals surface area (Å²) in [6.07, 6.45) is 2.27. The first-order valence-electron chi connectivity index (χ1n) is 9.36. The summed E-state index contributed by atoms with van der Waals surface area (Å²) in [5, 5.41) is 15.4. The molecule has 0 unspecified atom stereocenters. The molecule has 1 aromatic heterocycles. The fraction of sp³-hybridized carbons (Fsp3) is 0.500. The van der Waals surface area contributed by atoms with E-state index >= 15 is 0 Å². The van der Waals surface area contributed by atoms with E-state index in [1.165, 1.54) is 16.9 Å². The predicted molar refractivity (Wildman–Crippen MR) is 118 cm³/mol. The maximum Gasteiger partial charge on any atom is 0.231 e. The lowest BCUT2D eigenvalue weighted by Gasteiger charge is -2.23. The van der Waals surface area contributed by atoms with Crippen molar-refractivity contribution in [3.05, 3.63) is 34.3 Å². The number of thiocarbonyl (C=S) groups is 1. The number of amides is 1. The highest BCUT2D eigenvalue weighted by atomic mass is 32.1. The van der Waals surface area contributed by atoms with Gasteiger partial charge in [-0.1, -0.05) is 44.2 Å². The number of nitrogens with one attached hydrogen (secondary N) is 2. The molecule has 0 aliphatic rings. The average Bonchev–Trinajstić information content (AvgIpc) is 3.08. The maximum absolute atomic E-state index is 12.6. The van der Waals surface area contributed by atoms with Crippen molar-refractivity contribution in [2.45, 2.75) is 53.9 Å². The molecule has 1 heterocycles. The first-order valence-corrected chi connectivity index (χ1v) is 10.6. The van der Waals surface area contributed by atoms with Crippen LogP contribution in [0, 0.1) is 19.3 Å². The van der Waals surface area contributed by atoms with Crippen molar-refractivity contribution in [2.24, 2.45) is 5.41 Å². The Morgan fingerprint density at radius 3 is 2.71 bits per heavy atom. The van der Waals surface area contributed by atoms with E-state index in [1.807, 2.05) is 40.7 Å². The molecule has 0 radical (unpaired) electrons. The van der Waals surface area contributed by atoms with Gasteiger partial charge in [0.1, 0.15) is 10.8 Å². The van der Waals surface area contributed by atoms with Crippen LogP contribution in [0.3, 0.4) is 0 Å². The van der Waals surface area contributed by atoms with Gasteiger partial charge in [0, 0.05) is 5.41 Å². The number of hydrogen-bond acceptors (Lipinski definition) is 6. The van der Waals surface area contributed by atoms with Crippen molar-refractivity contribution in [3.63, 3.8) is 0 Å². The summed E-state index contributed by atoms with van der Waals surface area (Å²) >= 11 is 6.65. The number of carbonyl (C=O) groups is 1. The van der Waals surface area contributed by atoms with Gasteiger partial charge in [0.15, 0.2) is 5.11 Å². The van der Waals surface area contributed by atoms with E-state index in [1.54, 1.807) is 0 Å². The van der Waals surface area contributed by atoms with E-state index in [-0.39, 0.29) is 11.0 Å². The summed E-state index contributed by atoms with van der Waals surface area (Å²) in [4.78, 5) is 12.6. The highest BCUT2D eigenvalue weighted by Gasteiger charge is 2.28. The molecule has 0 fully saturated rings. The first-order chi connectivity index (χ1) is 13.2. The zero-order valence-corrected chi connectivity index (χ0v) is 18.7. The molecular weight excluding hydrogens is 392 g/mol. The van der Waals surface area contributed by atoms with Gasteiger partial charge in [0.05, 0.1) is 6.61 Å². The molecule has 1 aromatic carbocycles. The predicted octanol–water partition coefficient (Wildman–Crippen LogP) is 4.42. The molecule has 0 saturated carbocycles. The van der Waals surface area contributed by atoms with Crippen LogP contribution >= 0.6 is 23.6 Å². The Hall–Kier alpha value is -2.06. The molecule has 0 aliphatic carbocycles. The van der Waals surface area contributed by atoms with Crippen LogP contribution in [-0.4, -0.2) is 27.8 Å². The second-order valence-electron chi connectivity index (χ2n) is 7.37. The normalized spacial score (nSPS) is 11.2. The smallest absolute Gasteiger partial charge is 0.231 e.